The van der Waals surface area contributed by atoms with Crippen molar-refractivity contribution in [3.63, 3.8) is 0 Å². The summed E-state index contributed by atoms with van der Waals surface area (Å²) in [5, 5.41) is 0. The van der Waals surface area contributed by atoms with Gasteiger partial charge in [-0.1, -0.05) is 12.1 Å². The molecule has 2 aromatic rings. The van der Waals surface area contributed by atoms with E-state index in [0.717, 1.165) is 11.1 Å². The van der Waals surface area contributed by atoms with Crippen molar-refractivity contribution in [1.82, 2.24) is 4.90 Å². The number of imide groups is 1. The molecule has 5 rings (SSSR count). The molecule has 0 unspecified atom stereocenters. The SMILES string of the molecule is CCOC(=O)[C@@H]1[C@H]2COc3cc(OC)ccc3[C@H]2N2C(=O)N(c3cccc(C)c3)C(=O)[C@]12C. The van der Waals surface area contributed by atoms with Gasteiger partial charge in [0.05, 0.1) is 38.0 Å². The summed E-state index contributed by atoms with van der Waals surface area (Å²) in [4.78, 5) is 43.7. The van der Waals surface area contributed by atoms with Crippen molar-refractivity contribution in [2.45, 2.75) is 32.4 Å². The van der Waals surface area contributed by atoms with Gasteiger partial charge in [0.1, 0.15) is 17.0 Å². The fourth-order valence-electron chi connectivity index (χ4n) is 5.59. The van der Waals surface area contributed by atoms with Gasteiger partial charge >= 0.3 is 12.0 Å². The van der Waals surface area contributed by atoms with Crippen molar-refractivity contribution in [3.05, 3.63) is 53.6 Å². The van der Waals surface area contributed by atoms with Gasteiger partial charge in [-0.05, 0) is 50.6 Å². The van der Waals surface area contributed by atoms with E-state index in [0.29, 0.717) is 17.2 Å². The Balaban J connectivity index is 1.68. The molecule has 3 aliphatic rings. The molecule has 0 saturated carbocycles. The number of carbonyl (C=O) groups is 3. The number of hydrogen-bond donors (Lipinski definition) is 0. The minimum absolute atomic E-state index is 0.182. The van der Waals surface area contributed by atoms with Crippen LogP contribution in [0.4, 0.5) is 10.5 Å². The van der Waals surface area contributed by atoms with Gasteiger partial charge in [0.15, 0.2) is 0 Å². The van der Waals surface area contributed by atoms with Crippen LogP contribution < -0.4 is 14.4 Å². The van der Waals surface area contributed by atoms with E-state index in [-0.39, 0.29) is 13.2 Å². The predicted molar refractivity (Wildman–Crippen MR) is 119 cm³/mol. The number of fused-ring (bicyclic) bond motifs is 5. The Kier molecular flexibility index (Phi) is 4.84. The smallest absolute Gasteiger partial charge is 0.332 e. The number of aryl methyl sites for hydroxylation is 1. The van der Waals surface area contributed by atoms with E-state index in [9.17, 15) is 14.4 Å². The molecule has 8 nitrogen and oxygen atoms in total. The summed E-state index contributed by atoms with van der Waals surface area (Å²) in [6.07, 6.45) is 0. The number of amides is 3. The van der Waals surface area contributed by atoms with Crippen LogP contribution in [0.2, 0.25) is 0 Å². The van der Waals surface area contributed by atoms with Gasteiger partial charge in [0, 0.05) is 17.5 Å². The lowest BCUT2D eigenvalue weighted by Crippen LogP contribution is -2.51. The summed E-state index contributed by atoms with van der Waals surface area (Å²) in [5.41, 5.74) is 0.764. The molecule has 4 atom stereocenters. The molecular weight excluding hydrogens is 424 g/mol. The zero-order chi connectivity index (χ0) is 23.5. The van der Waals surface area contributed by atoms with E-state index in [1.165, 1.54) is 4.90 Å². The van der Waals surface area contributed by atoms with Gasteiger partial charge in [-0.3, -0.25) is 9.59 Å². The second-order valence-corrected chi connectivity index (χ2v) is 8.83. The summed E-state index contributed by atoms with van der Waals surface area (Å²) < 4.78 is 16.7. The first-order valence-electron chi connectivity index (χ1n) is 11.0. The van der Waals surface area contributed by atoms with E-state index >= 15 is 0 Å². The monoisotopic (exact) mass is 450 g/mol. The first-order chi connectivity index (χ1) is 15.8. The van der Waals surface area contributed by atoms with E-state index < -0.39 is 41.3 Å². The second-order valence-electron chi connectivity index (χ2n) is 8.83. The topological polar surface area (TPSA) is 85.4 Å². The van der Waals surface area contributed by atoms with Crippen molar-refractivity contribution in [2.75, 3.05) is 25.2 Å². The molecule has 172 valence electrons. The number of urea groups is 1. The number of nitrogens with zero attached hydrogens (tertiary/aromatic N) is 2. The van der Waals surface area contributed by atoms with Crippen LogP contribution in [0.3, 0.4) is 0 Å². The summed E-state index contributed by atoms with van der Waals surface area (Å²) >= 11 is 0. The molecule has 3 heterocycles. The Bertz CT molecular complexity index is 1160. The minimum Gasteiger partial charge on any atom is -0.497 e. The maximum absolute atomic E-state index is 13.9. The first kappa shape index (κ1) is 21.3. The second kappa shape index (κ2) is 7.50. The molecule has 2 fully saturated rings. The number of benzene rings is 2. The molecule has 3 amide bonds. The average Bonchev–Trinajstić information content (AvgIpc) is 3.18. The molecule has 0 radical (unpaired) electrons. The molecule has 33 heavy (non-hydrogen) atoms. The fraction of sp³-hybridized carbons (Fsp3) is 0.400. The van der Waals surface area contributed by atoms with Crippen molar-refractivity contribution in [3.8, 4) is 11.5 Å². The number of ether oxygens (including phenoxy) is 3. The Morgan fingerprint density at radius 2 is 2.00 bits per heavy atom. The van der Waals surface area contributed by atoms with Crippen LogP contribution >= 0.6 is 0 Å². The van der Waals surface area contributed by atoms with Gasteiger partial charge in [0.25, 0.3) is 5.91 Å². The van der Waals surface area contributed by atoms with E-state index in [1.807, 2.05) is 19.1 Å². The van der Waals surface area contributed by atoms with Crippen LogP contribution in [-0.2, 0) is 14.3 Å². The van der Waals surface area contributed by atoms with Crippen molar-refractivity contribution < 1.29 is 28.6 Å². The summed E-state index contributed by atoms with van der Waals surface area (Å²) in [7, 11) is 1.57. The third kappa shape index (κ3) is 2.86. The molecule has 0 bridgehead atoms. The molecular formula is C25H26N2O6. The van der Waals surface area contributed by atoms with Crippen molar-refractivity contribution in [1.29, 1.82) is 0 Å². The number of rotatable bonds is 4. The van der Waals surface area contributed by atoms with Gasteiger partial charge in [-0.25, -0.2) is 9.69 Å². The standard InChI is InChI=1S/C25H26N2O6/c1-5-32-22(28)20-18-13-33-19-12-16(31-4)9-10-17(19)21(18)27-24(30)26(23(29)25(20,27)3)15-8-6-7-14(2)11-15/h6-12,18,20-21H,5,13H2,1-4H3/t18-,20+,21-,25+/m1/s1. The number of methoxy groups -OCH3 is 1. The first-order valence-corrected chi connectivity index (χ1v) is 11.0. The zero-order valence-electron chi connectivity index (χ0n) is 19.0. The van der Waals surface area contributed by atoms with Crippen molar-refractivity contribution in [2.24, 2.45) is 11.8 Å². The lowest BCUT2D eigenvalue weighted by atomic mass is 9.77. The van der Waals surface area contributed by atoms with Crippen LogP contribution in [0.15, 0.2) is 42.5 Å². The van der Waals surface area contributed by atoms with Crippen LogP contribution in [0.25, 0.3) is 0 Å². The van der Waals surface area contributed by atoms with E-state index in [2.05, 4.69) is 0 Å². The molecule has 0 N–H and O–H groups in total. The largest absolute Gasteiger partial charge is 0.497 e. The maximum Gasteiger partial charge on any atom is 0.332 e. The quantitative estimate of drug-likeness (QED) is 0.524. The Morgan fingerprint density at radius 1 is 1.21 bits per heavy atom. The van der Waals surface area contributed by atoms with E-state index in [1.54, 1.807) is 56.2 Å². The molecule has 3 aliphatic heterocycles. The van der Waals surface area contributed by atoms with Gasteiger partial charge < -0.3 is 19.1 Å². The highest BCUT2D eigenvalue weighted by molar-refractivity contribution is 6.24. The molecule has 0 aromatic heterocycles. The predicted octanol–water partition coefficient (Wildman–Crippen LogP) is 3.47. The summed E-state index contributed by atoms with van der Waals surface area (Å²) in [5.74, 6) is -0.991. The van der Waals surface area contributed by atoms with Crippen LogP contribution in [-0.4, -0.2) is 48.7 Å². The number of anilines is 1. The highest BCUT2D eigenvalue weighted by Crippen LogP contribution is 2.58. The minimum atomic E-state index is -1.40. The van der Waals surface area contributed by atoms with E-state index in [4.69, 9.17) is 14.2 Å². The Labute approximate surface area is 192 Å². The Hall–Kier alpha value is -3.55. The number of esters is 1. The fourth-order valence-corrected chi connectivity index (χ4v) is 5.59. The number of hydrogen-bond acceptors (Lipinski definition) is 6. The lowest BCUT2D eigenvalue weighted by molar-refractivity contribution is -0.154. The molecule has 2 aromatic carbocycles. The van der Waals surface area contributed by atoms with Gasteiger partial charge in [-0.2, -0.15) is 0 Å². The summed E-state index contributed by atoms with van der Waals surface area (Å²) in [6.45, 7) is 5.67. The molecule has 8 heteroatoms. The third-order valence-electron chi connectivity index (χ3n) is 7.02. The maximum atomic E-state index is 13.9. The highest BCUT2D eigenvalue weighted by atomic mass is 16.5. The average molecular weight is 450 g/mol. The van der Waals surface area contributed by atoms with Crippen LogP contribution in [0.5, 0.6) is 11.5 Å². The Morgan fingerprint density at radius 3 is 2.70 bits per heavy atom. The molecule has 0 spiro atoms. The molecule has 2 saturated heterocycles. The normalized spacial score (nSPS) is 27.6. The van der Waals surface area contributed by atoms with Crippen LogP contribution in [0, 0.1) is 18.8 Å². The van der Waals surface area contributed by atoms with Gasteiger partial charge in [-0.15, -0.1) is 0 Å². The third-order valence-corrected chi connectivity index (χ3v) is 7.02. The van der Waals surface area contributed by atoms with Crippen molar-refractivity contribution >= 4 is 23.6 Å². The lowest BCUT2D eigenvalue weighted by Gasteiger charge is -2.34. The number of carbonyl (C=O) groups excluding carboxylic acids is 3. The van der Waals surface area contributed by atoms with Crippen LogP contribution in [0.1, 0.15) is 31.0 Å². The highest BCUT2D eigenvalue weighted by Gasteiger charge is 2.72. The summed E-state index contributed by atoms with van der Waals surface area (Å²) in [6, 6.07) is 11.7. The zero-order valence-corrected chi connectivity index (χ0v) is 19.0. The van der Waals surface area contributed by atoms with Gasteiger partial charge in [0.2, 0.25) is 0 Å². The molecule has 0 aliphatic carbocycles.